The Labute approximate surface area is 198 Å². The highest BCUT2D eigenvalue weighted by Crippen LogP contribution is 2.24. The van der Waals surface area contributed by atoms with Crippen molar-refractivity contribution in [1.82, 2.24) is 10.2 Å². The molecule has 2 aromatic carbocycles. The Morgan fingerprint density at radius 2 is 1.53 bits per heavy atom. The summed E-state index contributed by atoms with van der Waals surface area (Å²) < 4.78 is 10.5. The molecule has 1 aliphatic rings. The maximum atomic E-state index is 13.3. The molecule has 1 N–H and O–H groups in total. The number of carbonyl (C=O) groups excluding carboxylic acids is 2. The first-order valence-corrected chi connectivity index (χ1v) is 11.1. The largest absolute Gasteiger partial charge is 0.497 e. The van der Waals surface area contributed by atoms with Crippen molar-refractivity contribution in [2.24, 2.45) is 5.92 Å². The van der Waals surface area contributed by atoms with Gasteiger partial charge in [0, 0.05) is 55.6 Å². The number of amides is 2. The van der Waals surface area contributed by atoms with Gasteiger partial charge in [0.15, 0.2) is 0 Å². The van der Waals surface area contributed by atoms with Crippen molar-refractivity contribution in [3.05, 3.63) is 58.1 Å². The van der Waals surface area contributed by atoms with E-state index >= 15 is 0 Å². The van der Waals surface area contributed by atoms with Crippen LogP contribution in [0.4, 0.5) is 11.4 Å². The molecular weight excluding hydrogens is 440 g/mol. The van der Waals surface area contributed by atoms with E-state index in [9.17, 15) is 19.7 Å². The van der Waals surface area contributed by atoms with Crippen LogP contribution in [-0.4, -0.2) is 68.1 Å². The van der Waals surface area contributed by atoms with Gasteiger partial charge in [-0.15, -0.1) is 0 Å². The summed E-state index contributed by atoms with van der Waals surface area (Å²) in [6.07, 6.45) is 0. The summed E-state index contributed by atoms with van der Waals surface area (Å²) in [4.78, 5) is 40.5. The number of rotatable bonds is 8. The molecule has 3 rings (SSSR count). The zero-order valence-electron chi connectivity index (χ0n) is 19.8. The summed E-state index contributed by atoms with van der Waals surface area (Å²) in [7, 11) is 3.01. The van der Waals surface area contributed by atoms with Crippen LogP contribution in [0.5, 0.6) is 11.5 Å². The fourth-order valence-corrected chi connectivity index (χ4v) is 3.84. The maximum absolute atomic E-state index is 13.3. The molecule has 0 radical (unpaired) electrons. The standard InChI is InChI=1S/C24H30N4O6/c1-16(2)22(25-23(29)17-13-20(33-3)15-21(14-17)34-4)24(30)27-11-9-26(10-12-27)18-5-7-19(8-6-18)28(31)32/h5-8,13-16,22H,9-12H2,1-4H3,(H,25,29)/t22-/m0/s1. The van der Waals surface area contributed by atoms with E-state index < -0.39 is 11.0 Å². The molecule has 0 aliphatic carbocycles. The first kappa shape index (κ1) is 24.8. The second-order valence-corrected chi connectivity index (χ2v) is 8.38. The van der Waals surface area contributed by atoms with Crippen LogP contribution in [0.3, 0.4) is 0 Å². The Balaban J connectivity index is 1.65. The van der Waals surface area contributed by atoms with Crippen molar-refractivity contribution in [3.8, 4) is 11.5 Å². The van der Waals surface area contributed by atoms with Gasteiger partial charge in [0.05, 0.1) is 19.1 Å². The molecule has 10 nitrogen and oxygen atoms in total. The highest BCUT2D eigenvalue weighted by atomic mass is 16.6. The molecule has 0 unspecified atom stereocenters. The van der Waals surface area contributed by atoms with E-state index in [1.807, 2.05) is 13.8 Å². The topological polar surface area (TPSA) is 114 Å². The van der Waals surface area contributed by atoms with E-state index in [1.54, 1.807) is 35.2 Å². The van der Waals surface area contributed by atoms with Gasteiger partial charge >= 0.3 is 0 Å². The molecule has 10 heteroatoms. The molecule has 2 amide bonds. The van der Waals surface area contributed by atoms with Gasteiger partial charge in [0.1, 0.15) is 17.5 Å². The van der Waals surface area contributed by atoms with Crippen molar-refractivity contribution in [1.29, 1.82) is 0 Å². The van der Waals surface area contributed by atoms with E-state index in [-0.39, 0.29) is 23.4 Å². The van der Waals surface area contributed by atoms with Gasteiger partial charge in [-0.25, -0.2) is 0 Å². The molecule has 1 heterocycles. The van der Waals surface area contributed by atoms with Crippen LogP contribution in [0.15, 0.2) is 42.5 Å². The van der Waals surface area contributed by atoms with Gasteiger partial charge in [-0.05, 0) is 30.2 Å². The molecule has 1 fully saturated rings. The summed E-state index contributed by atoms with van der Waals surface area (Å²) in [5, 5.41) is 13.7. The molecule has 0 spiro atoms. The quantitative estimate of drug-likeness (QED) is 0.466. The van der Waals surface area contributed by atoms with Gasteiger partial charge in [0.25, 0.3) is 11.6 Å². The average Bonchev–Trinajstić information content (AvgIpc) is 2.86. The fourth-order valence-electron chi connectivity index (χ4n) is 3.84. The van der Waals surface area contributed by atoms with Gasteiger partial charge < -0.3 is 24.6 Å². The molecule has 1 saturated heterocycles. The Kier molecular flexibility index (Phi) is 7.93. The van der Waals surface area contributed by atoms with Gasteiger partial charge in [-0.2, -0.15) is 0 Å². The van der Waals surface area contributed by atoms with Gasteiger partial charge in [-0.3, -0.25) is 19.7 Å². The van der Waals surface area contributed by atoms with Crippen LogP contribution in [0, 0.1) is 16.0 Å². The molecule has 0 bridgehead atoms. The first-order chi connectivity index (χ1) is 16.2. The summed E-state index contributed by atoms with van der Waals surface area (Å²) >= 11 is 0. The number of nitro benzene ring substituents is 1. The molecule has 0 aromatic heterocycles. The Bertz CT molecular complexity index is 1010. The number of piperazine rings is 1. The number of carbonyl (C=O) groups is 2. The van der Waals surface area contributed by atoms with E-state index in [1.165, 1.54) is 26.4 Å². The minimum atomic E-state index is -0.685. The highest BCUT2D eigenvalue weighted by Gasteiger charge is 2.31. The summed E-state index contributed by atoms with van der Waals surface area (Å²) in [5.74, 6) is 0.338. The summed E-state index contributed by atoms with van der Waals surface area (Å²) in [6, 6.07) is 10.6. The van der Waals surface area contributed by atoms with Crippen LogP contribution >= 0.6 is 0 Å². The SMILES string of the molecule is COc1cc(OC)cc(C(=O)N[C@H](C(=O)N2CCN(c3ccc([N+](=O)[O-])cc3)CC2)C(C)C)c1. The second-order valence-electron chi connectivity index (χ2n) is 8.38. The lowest BCUT2D eigenvalue weighted by Gasteiger charge is -2.38. The van der Waals surface area contributed by atoms with Crippen molar-refractivity contribution >= 4 is 23.2 Å². The molecule has 0 saturated carbocycles. The number of hydrogen-bond donors (Lipinski definition) is 1. The van der Waals surface area contributed by atoms with Gasteiger partial charge in [-0.1, -0.05) is 13.8 Å². The predicted octanol–water partition coefficient (Wildman–Crippen LogP) is 2.72. The van der Waals surface area contributed by atoms with Crippen molar-refractivity contribution < 1.29 is 24.0 Å². The van der Waals surface area contributed by atoms with Crippen molar-refractivity contribution in [2.75, 3.05) is 45.3 Å². The number of anilines is 1. The molecular formula is C24H30N4O6. The number of hydrogen-bond acceptors (Lipinski definition) is 7. The number of nitrogens with one attached hydrogen (secondary N) is 1. The number of methoxy groups -OCH3 is 2. The molecule has 34 heavy (non-hydrogen) atoms. The number of ether oxygens (including phenoxy) is 2. The summed E-state index contributed by atoms with van der Waals surface area (Å²) in [6.45, 7) is 5.94. The number of non-ortho nitro benzene ring substituents is 1. The van der Waals surface area contributed by atoms with Crippen LogP contribution in [-0.2, 0) is 4.79 Å². The first-order valence-electron chi connectivity index (χ1n) is 11.1. The fraction of sp³-hybridized carbons (Fsp3) is 0.417. The zero-order chi connectivity index (χ0) is 24.8. The van der Waals surface area contributed by atoms with Crippen LogP contribution in [0.1, 0.15) is 24.2 Å². The number of nitro groups is 1. The Morgan fingerprint density at radius 1 is 0.971 bits per heavy atom. The average molecular weight is 471 g/mol. The normalized spacial score (nSPS) is 14.5. The lowest BCUT2D eigenvalue weighted by atomic mass is 10.0. The Morgan fingerprint density at radius 3 is 2.00 bits per heavy atom. The molecule has 182 valence electrons. The minimum Gasteiger partial charge on any atom is -0.497 e. The lowest BCUT2D eigenvalue weighted by Crippen LogP contribution is -2.56. The van der Waals surface area contributed by atoms with E-state index in [0.29, 0.717) is 43.2 Å². The monoisotopic (exact) mass is 470 g/mol. The third kappa shape index (κ3) is 5.75. The van der Waals surface area contributed by atoms with Crippen LogP contribution < -0.4 is 19.7 Å². The molecule has 1 atom stereocenters. The van der Waals surface area contributed by atoms with E-state index in [4.69, 9.17) is 9.47 Å². The zero-order valence-corrected chi connectivity index (χ0v) is 19.8. The number of nitrogens with zero attached hydrogens (tertiary/aromatic N) is 3. The summed E-state index contributed by atoms with van der Waals surface area (Å²) in [5.41, 5.74) is 1.26. The van der Waals surface area contributed by atoms with Crippen LogP contribution in [0.2, 0.25) is 0 Å². The molecule has 1 aliphatic heterocycles. The minimum absolute atomic E-state index is 0.0433. The highest BCUT2D eigenvalue weighted by molar-refractivity contribution is 5.98. The van der Waals surface area contributed by atoms with Crippen LogP contribution in [0.25, 0.3) is 0 Å². The third-order valence-electron chi connectivity index (χ3n) is 5.85. The van der Waals surface area contributed by atoms with Crippen molar-refractivity contribution in [3.63, 3.8) is 0 Å². The van der Waals surface area contributed by atoms with Gasteiger partial charge in [0.2, 0.25) is 5.91 Å². The number of benzene rings is 2. The van der Waals surface area contributed by atoms with E-state index in [2.05, 4.69) is 10.2 Å². The Hall–Kier alpha value is -3.82. The third-order valence-corrected chi connectivity index (χ3v) is 5.85. The van der Waals surface area contributed by atoms with E-state index in [0.717, 1.165) is 5.69 Å². The predicted molar refractivity (Wildman–Crippen MR) is 128 cm³/mol. The second kappa shape index (κ2) is 10.9. The van der Waals surface area contributed by atoms with Crippen molar-refractivity contribution in [2.45, 2.75) is 19.9 Å². The lowest BCUT2D eigenvalue weighted by molar-refractivity contribution is -0.384. The smallest absolute Gasteiger partial charge is 0.269 e. The maximum Gasteiger partial charge on any atom is 0.269 e. The molecule has 2 aromatic rings.